The number of nitrogens with two attached hydrogens (primary N) is 1. The van der Waals surface area contributed by atoms with Gasteiger partial charge in [0.05, 0.1) is 12.2 Å². The fraction of sp³-hybridized carbons (Fsp3) is 0.333. The predicted octanol–water partition coefficient (Wildman–Crippen LogP) is -1.05. The van der Waals surface area contributed by atoms with Gasteiger partial charge in [-0.2, -0.15) is 0 Å². The van der Waals surface area contributed by atoms with Crippen molar-refractivity contribution in [2.75, 3.05) is 0 Å². The van der Waals surface area contributed by atoms with Crippen LogP contribution < -0.4 is 5.73 Å². The van der Waals surface area contributed by atoms with Crippen molar-refractivity contribution in [3.05, 3.63) is 60.2 Å². The second-order valence-corrected chi connectivity index (χ2v) is 6.92. The molecule has 2 aromatic rings. The van der Waals surface area contributed by atoms with Crippen molar-refractivity contribution in [2.45, 2.75) is 43.5 Å². The fourth-order valence-electron chi connectivity index (χ4n) is 2.37. The summed E-state index contributed by atoms with van der Waals surface area (Å²) in [6.45, 7) is 1.61. The molecule has 0 spiro atoms. The van der Waals surface area contributed by atoms with Gasteiger partial charge in [-0.15, -0.1) is 0 Å². The van der Waals surface area contributed by atoms with E-state index in [9.17, 15) is 19.8 Å². The molecule has 10 nitrogen and oxygen atoms in total. The molecule has 10 heteroatoms. The Balaban J connectivity index is 0.000000348. The molecule has 0 bridgehead atoms. The third-order valence-electron chi connectivity index (χ3n) is 4.47. The van der Waals surface area contributed by atoms with Crippen molar-refractivity contribution < 1.29 is 45.3 Å². The lowest BCUT2D eigenvalue weighted by molar-refractivity contribution is -0.325. The van der Waals surface area contributed by atoms with Crippen LogP contribution in [0.5, 0.6) is 0 Å². The Kier molecular flexibility index (Phi) is 9.25. The van der Waals surface area contributed by atoms with Gasteiger partial charge in [-0.3, -0.25) is 4.79 Å². The number of carbonyl (C=O) groups excluding carboxylic acids is 1. The van der Waals surface area contributed by atoms with Crippen LogP contribution >= 0.6 is 0 Å². The molecule has 31 heavy (non-hydrogen) atoms. The fourth-order valence-corrected chi connectivity index (χ4v) is 2.37. The molecule has 0 fully saturated rings. The van der Waals surface area contributed by atoms with Crippen LogP contribution in [0.2, 0.25) is 0 Å². The molecule has 0 aliphatic rings. The van der Waals surface area contributed by atoms with Crippen LogP contribution in [0.25, 0.3) is 11.1 Å². The van der Waals surface area contributed by atoms with Gasteiger partial charge in [0.1, 0.15) is 0 Å². The molecule has 0 heterocycles. The Morgan fingerprint density at radius 1 is 0.871 bits per heavy atom. The largest absolute Gasteiger partial charge is 0.477 e. The van der Waals surface area contributed by atoms with E-state index in [4.69, 9.17) is 25.5 Å². The number of amides is 1. The zero-order valence-electron chi connectivity index (χ0n) is 16.8. The van der Waals surface area contributed by atoms with Crippen molar-refractivity contribution in [3.63, 3.8) is 0 Å². The molecule has 2 unspecified atom stereocenters. The summed E-state index contributed by atoms with van der Waals surface area (Å²) in [5, 5.41) is 60.7. The molecule has 170 valence electrons. The molecule has 0 aliphatic heterocycles. The highest BCUT2D eigenvalue weighted by Gasteiger charge is 2.58. The monoisotopic (exact) mass is 437 g/mol. The summed E-state index contributed by atoms with van der Waals surface area (Å²) in [4.78, 5) is 20.1. The zero-order valence-corrected chi connectivity index (χ0v) is 16.8. The predicted molar refractivity (Wildman–Crippen MR) is 109 cm³/mol. The van der Waals surface area contributed by atoms with E-state index in [1.807, 2.05) is 18.2 Å². The van der Waals surface area contributed by atoms with Crippen LogP contribution in [0, 0.1) is 0 Å². The van der Waals surface area contributed by atoms with Crippen LogP contribution in [-0.4, -0.2) is 71.4 Å². The minimum absolute atomic E-state index is 0.586. The van der Waals surface area contributed by atoms with Gasteiger partial charge in [0.15, 0.2) is 0 Å². The molecule has 2 atom stereocenters. The van der Waals surface area contributed by atoms with Gasteiger partial charge in [-0.1, -0.05) is 54.6 Å². The average Bonchev–Trinajstić information content (AvgIpc) is 2.73. The van der Waals surface area contributed by atoms with Gasteiger partial charge >= 0.3 is 17.5 Å². The summed E-state index contributed by atoms with van der Waals surface area (Å²) >= 11 is 0. The van der Waals surface area contributed by atoms with Gasteiger partial charge in [-0.25, -0.2) is 4.79 Å². The lowest BCUT2D eigenvalue weighted by Gasteiger charge is -2.27. The summed E-state index contributed by atoms with van der Waals surface area (Å²) < 4.78 is 0. The van der Waals surface area contributed by atoms with E-state index in [1.165, 1.54) is 16.7 Å². The summed E-state index contributed by atoms with van der Waals surface area (Å²) in [5.74, 6) is -12.4. The maximum atomic E-state index is 10.1. The third kappa shape index (κ3) is 7.10. The number of carbonyl (C=O) groups is 2. The molecule has 0 saturated heterocycles. The van der Waals surface area contributed by atoms with Crippen LogP contribution in [-0.2, 0) is 16.0 Å². The molecule has 2 rings (SSSR count). The van der Waals surface area contributed by atoms with E-state index in [0.717, 1.165) is 6.42 Å². The number of rotatable bonds is 8. The number of aliphatic carboxylic acids is 1. The second-order valence-electron chi connectivity index (χ2n) is 6.92. The van der Waals surface area contributed by atoms with Gasteiger partial charge in [0, 0.05) is 0 Å². The first-order valence-electron chi connectivity index (χ1n) is 9.24. The van der Waals surface area contributed by atoms with Gasteiger partial charge < -0.3 is 41.5 Å². The van der Waals surface area contributed by atoms with Crippen molar-refractivity contribution >= 4 is 11.9 Å². The first-order valence-corrected chi connectivity index (χ1v) is 9.24. The van der Waals surface area contributed by atoms with E-state index < -0.39 is 35.7 Å². The Hall–Kier alpha value is -2.86. The minimum Gasteiger partial charge on any atom is -0.477 e. The SMILES string of the molecule is CC(O)C(O)CCc1ccc(-c2ccccc2)cc1.NC(=O)C(O)(O)C(O)(O)C(=O)O. The standard InChI is InChI=1S/C17H20O2.C4H7NO7/c1-13(18)17(19)12-9-14-7-10-16(11-8-14)15-5-3-2-4-6-15;5-1(6)3(9,10)4(11,12)2(7)8/h2-8,10-11,13,17-19H,9,12H2,1H3;9-12H,(H2,5,6)(H,7,8). The number of carboxylic acids is 1. The third-order valence-corrected chi connectivity index (χ3v) is 4.47. The van der Waals surface area contributed by atoms with Crippen molar-refractivity contribution in [2.24, 2.45) is 5.73 Å². The van der Waals surface area contributed by atoms with E-state index in [0.29, 0.717) is 6.42 Å². The topological polar surface area (TPSA) is 202 Å². The lowest BCUT2D eigenvalue weighted by atomic mass is 10.0. The number of aryl methyl sites for hydroxylation is 1. The average molecular weight is 437 g/mol. The van der Waals surface area contributed by atoms with E-state index >= 15 is 0 Å². The first kappa shape index (κ1) is 26.2. The smallest absolute Gasteiger partial charge is 0.370 e. The highest BCUT2D eigenvalue weighted by atomic mass is 16.6. The molecular formula is C21H27NO9. The molecule has 0 aromatic heterocycles. The normalized spacial score (nSPS) is 13.5. The van der Waals surface area contributed by atoms with Crippen LogP contribution in [0.1, 0.15) is 18.9 Å². The Labute approximate surface area is 178 Å². The van der Waals surface area contributed by atoms with Crippen LogP contribution in [0.3, 0.4) is 0 Å². The van der Waals surface area contributed by atoms with Gasteiger partial charge in [-0.05, 0) is 36.5 Å². The number of primary amides is 1. The minimum atomic E-state index is -4.03. The van der Waals surface area contributed by atoms with Crippen LogP contribution in [0.4, 0.5) is 0 Å². The van der Waals surface area contributed by atoms with Crippen LogP contribution in [0.15, 0.2) is 54.6 Å². The molecular weight excluding hydrogens is 410 g/mol. The van der Waals surface area contributed by atoms with Crippen molar-refractivity contribution in [1.82, 2.24) is 0 Å². The summed E-state index contributed by atoms with van der Waals surface area (Å²) in [7, 11) is 0. The molecule has 1 amide bonds. The number of aliphatic hydroxyl groups is 6. The molecule has 0 radical (unpaired) electrons. The highest BCUT2D eigenvalue weighted by molar-refractivity contribution is 5.90. The summed E-state index contributed by atoms with van der Waals surface area (Å²) in [6.07, 6.45) is 0.0566. The highest BCUT2D eigenvalue weighted by Crippen LogP contribution is 2.20. The second kappa shape index (κ2) is 11.0. The number of carboxylic acid groups (broad SMARTS) is 1. The van der Waals surface area contributed by atoms with Crippen molar-refractivity contribution in [3.8, 4) is 11.1 Å². The molecule has 0 saturated carbocycles. The zero-order chi connectivity index (χ0) is 23.8. The number of benzene rings is 2. The van der Waals surface area contributed by atoms with E-state index in [-0.39, 0.29) is 0 Å². The molecule has 0 aliphatic carbocycles. The Morgan fingerprint density at radius 3 is 1.74 bits per heavy atom. The van der Waals surface area contributed by atoms with E-state index in [1.54, 1.807) is 6.92 Å². The summed E-state index contributed by atoms with van der Waals surface area (Å²) in [5.41, 5.74) is 7.85. The van der Waals surface area contributed by atoms with E-state index in [2.05, 4.69) is 42.1 Å². The lowest BCUT2D eigenvalue weighted by Crippen LogP contribution is -2.65. The molecule has 2 aromatic carbocycles. The van der Waals surface area contributed by atoms with Gasteiger partial charge in [0.25, 0.3) is 5.91 Å². The number of hydrogen-bond donors (Lipinski definition) is 8. The first-order chi connectivity index (χ1) is 14.3. The Bertz CT molecular complexity index is 825. The Morgan fingerprint density at radius 2 is 1.35 bits per heavy atom. The number of aliphatic hydroxyl groups excluding tert-OH is 2. The van der Waals surface area contributed by atoms with Gasteiger partial charge in [0.2, 0.25) is 0 Å². The maximum Gasteiger partial charge on any atom is 0.370 e. The molecule has 9 N–H and O–H groups in total. The summed E-state index contributed by atoms with van der Waals surface area (Å²) in [6, 6.07) is 18.6. The maximum absolute atomic E-state index is 10.1. The van der Waals surface area contributed by atoms with Crippen molar-refractivity contribution in [1.29, 1.82) is 0 Å². The quantitative estimate of drug-likeness (QED) is 0.237. The number of hydrogen-bond acceptors (Lipinski definition) is 8.